The number of piperidine rings is 1. The molecule has 2 aliphatic heterocycles. The summed E-state index contributed by atoms with van der Waals surface area (Å²) >= 11 is 0. The van der Waals surface area contributed by atoms with Gasteiger partial charge in [-0.25, -0.2) is 0 Å². The number of carboxylic acids is 1. The second-order valence-electron chi connectivity index (χ2n) is 6.78. The topological polar surface area (TPSA) is 49.8 Å². The van der Waals surface area contributed by atoms with E-state index in [4.69, 9.17) is 4.74 Å². The highest BCUT2D eigenvalue weighted by Crippen LogP contribution is 2.36. The highest BCUT2D eigenvalue weighted by atomic mass is 16.5. The Labute approximate surface area is 116 Å². The van der Waals surface area contributed by atoms with E-state index in [2.05, 4.69) is 18.7 Å². The standard InChI is InChI=1S/C15H27NO3/c1-4-15(13(17)18)7-9-16(10-8-15)11-12-5-6-14(2,3)19-12/h12H,4-11H2,1-3H3,(H,17,18). The molecule has 2 rings (SSSR count). The minimum absolute atomic E-state index is 0.0225. The van der Waals surface area contributed by atoms with Gasteiger partial charge in [-0.3, -0.25) is 4.79 Å². The largest absolute Gasteiger partial charge is 0.481 e. The van der Waals surface area contributed by atoms with E-state index in [9.17, 15) is 9.90 Å². The number of likely N-dealkylation sites (tertiary alicyclic amines) is 1. The predicted octanol–water partition coefficient (Wildman–Crippen LogP) is 2.52. The lowest BCUT2D eigenvalue weighted by Crippen LogP contribution is -2.46. The minimum Gasteiger partial charge on any atom is -0.481 e. The first-order valence-electron chi connectivity index (χ1n) is 7.50. The molecule has 0 bridgehead atoms. The minimum atomic E-state index is -0.618. The molecule has 0 amide bonds. The summed E-state index contributed by atoms with van der Waals surface area (Å²) in [5.74, 6) is -0.618. The number of hydrogen-bond donors (Lipinski definition) is 1. The fourth-order valence-corrected chi connectivity index (χ4v) is 3.38. The Balaban J connectivity index is 1.82. The number of aliphatic carboxylic acids is 1. The van der Waals surface area contributed by atoms with Crippen LogP contribution in [0.25, 0.3) is 0 Å². The first-order chi connectivity index (χ1) is 8.87. The Hall–Kier alpha value is -0.610. The summed E-state index contributed by atoms with van der Waals surface area (Å²) in [4.78, 5) is 13.8. The van der Waals surface area contributed by atoms with Gasteiger partial charge in [-0.05, 0) is 59.0 Å². The molecule has 2 heterocycles. The van der Waals surface area contributed by atoms with Crippen molar-refractivity contribution in [3.8, 4) is 0 Å². The maximum atomic E-state index is 11.4. The normalized spacial score (nSPS) is 30.4. The van der Waals surface area contributed by atoms with Crippen LogP contribution in [0.2, 0.25) is 0 Å². The summed E-state index contributed by atoms with van der Waals surface area (Å²) in [5, 5.41) is 9.38. The Bertz CT molecular complexity index is 332. The lowest BCUT2D eigenvalue weighted by molar-refractivity contribution is -0.152. The molecule has 110 valence electrons. The van der Waals surface area contributed by atoms with Gasteiger partial charge in [0.1, 0.15) is 0 Å². The van der Waals surface area contributed by atoms with Crippen molar-refractivity contribution in [2.75, 3.05) is 19.6 Å². The van der Waals surface area contributed by atoms with Gasteiger partial charge >= 0.3 is 5.97 Å². The molecule has 19 heavy (non-hydrogen) atoms. The number of carbonyl (C=O) groups is 1. The third-order valence-corrected chi connectivity index (χ3v) is 4.96. The molecule has 4 nitrogen and oxygen atoms in total. The molecule has 2 saturated heterocycles. The summed E-state index contributed by atoms with van der Waals surface area (Å²) in [5.41, 5.74) is -0.457. The molecule has 0 aliphatic carbocycles. The molecular weight excluding hydrogens is 242 g/mol. The number of ether oxygens (including phenoxy) is 1. The van der Waals surface area contributed by atoms with Crippen LogP contribution >= 0.6 is 0 Å². The highest BCUT2D eigenvalue weighted by Gasteiger charge is 2.41. The van der Waals surface area contributed by atoms with Crippen molar-refractivity contribution in [3.63, 3.8) is 0 Å². The van der Waals surface area contributed by atoms with E-state index in [1.54, 1.807) is 0 Å². The van der Waals surface area contributed by atoms with Crippen LogP contribution in [0.5, 0.6) is 0 Å². The number of carboxylic acid groups (broad SMARTS) is 1. The van der Waals surface area contributed by atoms with Gasteiger partial charge in [-0.1, -0.05) is 6.92 Å². The van der Waals surface area contributed by atoms with Crippen molar-refractivity contribution in [1.82, 2.24) is 4.90 Å². The second kappa shape index (κ2) is 5.41. The fraction of sp³-hybridized carbons (Fsp3) is 0.933. The van der Waals surface area contributed by atoms with Crippen molar-refractivity contribution in [2.45, 2.75) is 64.6 Å². The number of rotatable bonds is 4. The molecule has 0 aromatic carbocycles. The van der Waals surface area contributed by atoms with Gasteiger partial charge in [0.2, 0.25) is 0 Å². The molecule has 0 saturated carbocycles. The van der Waals surface area contributed by atoms with Gasteiger partial charge < -0.3 is 14.7 Å². The van der Waals surface area contributed by atoms with Crippen molar-refractivity contribution in [2.24, 2.45) is 5.41 Å². The van der Waals surface area contributed by atoms with Crippen LogP contribution < -0.4 is 0 Å². The molecule has 2 aliphatic rings. The maximum Gasteiger partial charge on any atom is 0.309 e. The zero-order valence-electron chi connectivity index (χ0n) is 12.4. The summed E-state index contributed by atoms with van der Waals surface area (Å²) in [6.45, 7) is 9.03. The molecule has 4 heteroatoms. The quantitative estimate of drug-likeness (QED) is 0.852. The van der Waals surface area contributed by atoms with E-state index in [0.29, 0.717) is 6.10 Å². The SMILES string of the molecule is CCC1(C(=O)O)CCN(CC2CCC(C)(C)O2)CC1. The van der Waals surface area contributed by atoms with Crippen LogP contribution in [0.15, 0.2) is 0 Å². The number of hydrogen-bond acceptors (Lipinski definition) is 3. The third kappa shape index (κ3) is 3.29. The monoisotopic (exact) mass is 269 g/mol. The van der Waals surface area contributed by atoms with E-state index in [1.807, 2.05) is 6.92 Å². The fourth-order valence-electron chi connectivity index (χ4n) is 3.38. The average molecular weight is 269 g/mol. The maximum absolute atomic E-state index is 11.4. The van der Waals surface area contributed by atoms with E-state index in [1.165, 1.54) is 0 Å². The van der Waals surface area contributed by atoms with Gasteiger partial charge in [0.25, 0.3) is 0 Å². The van der Waals surface area contributed by atoms with Crippen LogP contribution in [-0.2, 0) is 9.53 Å². The van der Waals surface area contributed by atoms with Crippen LogP contribution in [-0.4, -0.2) is 47.3 Å². The van der Waals surface area contributed by atoms with Crippen LogP contribution in [0.3, 0.4) is 0 Å². The first kappa shape index (κ1) is 14.8. The molecule has 2 fully saturated rings. The summed E-state index contributed by atoms with van der Waals surface area (Å²) in [7, 11) is 0. The summed E-state index contributed by atoms with van der Waals surface area (Å²) in [6, 6.07) is 0. The predicted molar refractivity (Wildman–Crippen MR) is 74.2 cm³/mol. The molecule has 1 atom stereocenters. The molecule has 0 spiro atoms. The lowest BCUT2D eigenvalue weighted by Gasteiger charge is -2.39. The van der Waals surface area contributed by atoms with Crippen LogP contribution in [0.4, 0.5) is 0 Å². The molecule has 0 radical (unpaired) electrons. The van der Waals surface area contributed by atoms with Gasteiger partial charge in [0.15, 0.2) is 0 Å². The van der Waals surface area contributed by atoms with Crippen molar-refractivity contribution in [3.05, 3.63) is 0 Å². The molecule has 1 unspecified atom stereocenters. The number of nitrogens with zero attached hydrogens (tertiary/aromatic N) is 1. The molecule has 0 aromatic rings. The van der Waals surface area contributed by atoms with Crippen molar-refractivity contribution in [1.29, 1.82) is 0 Å². The van der Waals surface area contributed by atoms with E-state index in [-0.39, 0.29) is 5.60 Å². The smallest absolute Gasteiger partial charge is 0.309 e. The second-order valence-corrected chi connectivity index (χ2v) is 6.78. The Morgan fingerprint density at radius 2 is 1.95 bits per heavy atom. The van der Waals surface area contributed by atoms with E-state index < -0.39 is 11.4 Å². The zero-order valence-corrected chi connectivity index (χ0v) is 12.4. The van der Waals surface area contributed by atoms with Gasteiger partial charge in [0.05, 0.1) is 17.1 Å². The van der Waals surface area contributed by atoms with E-state index in [0.717, 1.165) is 51.7 Å². The van der Waals surface area contributed by atoms with Crippen LogP contribution in [0, 0.1) is 5.41 Å². The molecule has 0 aromatic heterocycles. The van der Waals surface area contributed by atoms with E-state index >= 15 is 0 Å². The Kier molecular flexibility index (Phi) is 4.21. The van der Waals surface area contributed by atoms with Crippen molar-refractivity contribution < 1.29 is 14.6 Å². The Morgan fingerprint density at radius 3 is 2.37 bits per heavy atom. The van der Waals surface area contributed by atoms with Crippen molar-refractivity contribution >= 4 is 5.97 Å². The lowest BCUT2D eigenvalue weighted by atomic mass is 9.76. The summed E-state index contributed by atoms with van der Waals surface area (Å²) in [6.07, 6.45) is 4.86. The Morgan fingerprint density at radius 1 is 1.32 bits per heavy atom. The molecular formula is C15H27NO3. The average Bonchev–Trinajstić information content (AvgIpc) is 2.69. The van der Waals surface area contributed by atoms with Gasteiger partial charge in [-0.2, -0.15) is 0 Å². The summed E-state index contributed by atoms with van der Waals surface area (Å²) < 4.78 is 6.02. The van der Waals surface area contributed by atoms with Crippen LogP contribution in [0.1, 0.15) is 52.9 Å². The molecule has 1 N–H and O–H groups in total. The zero-order chi connectivity index (χ0) is 14.1. The van der Waals surface area contributed by atoms with Gasteiger partial charge in [0, 0.05) is 6.54 Å². The highest BCUT2D eigenvalue weighted by molar-refractivity contribution is 5.74. The third-order valence-electron chi connectivity index (χ3n) is 4.96. The van der Waals surface area contributed by atoms with Gasteiger partial charge in [-0.15, -0.1) is 0 Å². The first-order valence-corrected chi connectivity index (χ1v) is 7.50.